The Bertz CT molecular complexity index is 1320. The van der Waals surface area contributed by atoms with Crippen molar-refractivity contribution in [3.05, 3.63) is 77.4 Å². The number of carbonyl (C=O) groups is 2. The Kier molecular flexibility index (Phi) is 9.54. The summed E-state index contributed by atoms with van der Waals surface area (Å²) < 4.78 is 47.5. The molecular formula is C28H27F3N2O6S. The monoisotopic (exact) mass is 576 g/mol. The van der Waals surface area contributed by atoms with E-state index in [1.165, 1.54) is 11.8 Å². The summed E-state index contributed by atoms with van der Waals surface area (Å²) in [4.78, 5) is 26.7. The number of hydrogen-bond donors (Lipinski definition) is 2. The average molecular weight is 577 g/mol. The number of carbonyl (C=O) groups excluding carboxylic acids is 1. The van der Waals surface area contributed by atoms with E-state index in [-0.39, 0.29) is 18.9 Å². The molecule has 2 aromatic carbocycles. The van der Waals surface area contributed by atoms with Crippen molar-refractivity contribution in [3.63, 3.8) is 0 Å². The van der Waals surface area contributed by atoms with Crippen molar-refractivity contribution in [1.82, 2.24) is 0 Å². The zero-order valence-electron chi connectivity index (χ0n) is 21.3. The Labute approximate surface area is 232 Å². The van der Waals surface area contributed by atoms with E-state index in [4.69, 9.17) is 9.84 Å². The molecule has 0 saturated heterocycles. The van der Waals surface area contributed by atoms with E-state index in [0.29, 0.717) is 42.2 Å². The summed E-state index contributed by atoms with van der Waals surface area (Å²) in [5.74, 6) is -0.761. The van der Waals surface area contributed by atoms with Crippen LogP contribution >= 0.6 is 11.8 Å². The Balaban J connectivity index is 1.36. The van der Waals surface area contributed by atoms with Gasteiger partial charge in [0.1, 0.15) is 19.0 Å². The number of halogens is 3. The van der Waals surface area contributed by atoms with E-state index in [1.807, 2.05) is 36.4 Å². The maximum Gasteiger partial charge on any atom is 0.411 e. The summed E-state index contributed by atoms with van der Waals surface area (Å²) in [5.41, 5.74) is 3.74. The molecule has 1 atom stereocenters. The molecule has 4 rings (SSSR count). The third kappa shape index (κ3) is 7.89. The lowest BCUT2D eigenvalue weighted by molar-refractivity contribution is -0.192. The molecule has 40 heavy (non-hydrogen) atoms. The van der Waals surface area contributed by atoms with E-state index < -0.39 is 24.9 Å². The minimum Gasteiger partial charge on any atom is -0.492 e. The summed E-state index contributed by atoms with van der Waals surface area (Å²) in [6.45, 7) is -1.17. The second-order valence-corrected chi connectivity index (χ2v) is 10.2. The minimum atomic E-state index is -4.62. The van der Waals surface area contributed by atoms with Gasteiger partial charge in [0.05, 0.1) is 23.7 Å². The summed E-state index contributed by atoms with van der Waals surface area (Å²) in [7, 11) is 0. The van der Waals surface area contributed by atoms with Crippen molar-refractivity contribution < 1.29 is 42.5 Å². The SMILES string of the molecule is O=C(O)C(Cc1ccc(OCCN2C(=O)CSc3ccc(CC4=CC=CCC4=NO)cc32)cc1)OCC(F)(F)F. The lowest BCUT2D eigenvalue weighted by Crippen LogP contribution is -2.38. The number of benzene rings is 2. The molecule has 1 aliphatic carbocycles. The molecule has 12 heteroatoms. The second kappa shape index (κ2) is 13.1. The van der Waals surface area contributed by atoms with Gasteiger partial charge in [0.2, 0.25) is 5.91 Å². The van der Waals surface area contributed by atoms with E-state index in [0.717, 1.165) is 21.7 Å². The molecular weight excluding hydrogens is 549 g/mol. The topological polar surface area (TPSA) is 109 Å². The number of carboxylic acid groups (broad SMARTS) is 1. The van der Waals surface area contributed by atoms with Crippen molar-refractivity contribution in [2.45, 2.75) is 36.4 Å². The number of hydrogen-bond acceptors (Lipinski definition) is 7. The van der Waals surface area contributed by atoms with Gasteiger partial charge in [-0.15, -0.1) is 11.8 Å². The smallest absolute Gasteiger partial charge is 0.411 e. The number of carboxylic acids is 1. The molecule has 212 valence electrons. The molecule has 2 aliphatic rings. The summed E-state index contributed by atoms with van der Waals surface area (Å²) in [5, 5.41) is 21.9. The highest BCUT2D eigenvalue weighted by Crippen LogP contribution is 2.36. The normalized spacial score (nSPS) is 17.0. The highest BCUT2D eigenvalue weighted by Gasteiger charge is 2.31. The molecule has 1 unspecified atom stereocenters. The number of aliphatic carboxylic acids is 1. The molecule has 0 bridgehead atoms. The highest BCUT2D eigenvalue weighted by molar-refractivity contribution is 8.00. The Morgan fingerprint density at radius 3 is 2.60 bits per heavy atom. The number of alkyl halides is 3. The van der Waals surface area contributed by atoms with E-state index in [2.05, 4.69) is 9.89 Å². The molecule has 0 spiro atoms. The van der Waals surface area contributed by atoms with Gasteiger partial charge in [-0.2, -0.15) is 13.2 Å². The van der Waals surface area contributed by atoms with E-state index >= 15 is 0 Å². The Morgan fingerprint density at radius 1 is 1.15 bits per heavy atom. The number of rotatable bonds is 11. The molecule has 0 radical (unpaired) electrons. The van der Waals surface area contributed by atoms with Gasteiger partial charge in [0, 0.05) is 17.7 Å². The van der Waals surface area contributed by atoms with E-state index in [1.54, 1.807) is 29.2 Å². The minimum absolute atomic E-state index is 0.0513. The molecule has 8 nitrogen and oxygen atoms in total. The third-order valence-electron chi connectivity index (χ3n) is 6.25. The lowest BCUT2D eigenvalue weighted by atomic mass is 9.95. The lowest BCUT2D eigenvalue weighted by Gasteiger charge is -2.29. The van der Waals surface area contributed by atoms with Crippen LogP contribution in [0, 0.1) is 0 Å². The maximum atomic E-state index is 12.8. The van der Waals surface area contributed by atoms with Crippen molar-refractivity contribution in [3.8, 4) is 5.75 Å². The largest absolute Gasteiger partial charge is 0.492 e. The molecule has 0 aromatic heterocycles. The number of amides is 1. The number of allylic oxidation sites excluding steroid dienone is 4. The van der Waals surface area contributed by atoms with Gasteiger partial charge < -0.3 is 24.7 Å². The van der Waals surface area contributed by atoms with Crippen molar-refractivity contribution in [2.24, 2.45) is 5.16 Å². The van der Waals surface area contributed by atoms with Crippen LogP contribution in [0.1, 0.15) is 17.5 Å². The van der Waals surface area contributed by atoms with Crippen molar-refractivity contribution >= 4 is 35.0 Å². The van der Waals surface area contributed by atoms with Gasteiger partial charge in [0.25, 0.3) is 0 Å². The Morgan fingerprint density at radius 2 is 1.90 bits per heavy atom. The van der Waals surface area contributed by atoms with Gasteiger partial charge in [0.15, 0.2) is 6.10 Å². The fraction of sp³-hybridized carbons (Fsp3) is 0.321. The first-order chi connectivity index (χ1) is 19.1. The fourth-order valence-electron chi connectivity index (χ4n) is 4.28. The molecule has 1 aliphatic heterocycles. The number of nitrogens with zero attached hydrogens (tertiary/aromatic N) is 2. The average Bonchev–Trinajstić information content (AvgIpc) is 2.92. The van der Waals surface area contributed by atoms with Crippen LogP contribution in [0.5, 0.6) is 5.75 Å². The van der Waals surface area contributed by atoms with Crippen LogP contribution in [0.2, 0.25) is 0 Å². The highest BCUT2D eigenvalue weighted by atomic mass is 32.2. The zero-order valence-corrected chi connectivity index (χ0v) is 22.1. The fourth-order valence-corrected chi connectivity index (χ4v) is 5.20. The van der Waals surface area contributed by atoms with Crippen LogP contribution in [0.3, 0.4) is 0 Å². The standard InChI is InChI=1S/C28H27F3N2O6S/c29-28(30,31)17-39-24(27(35)36)15-18-5-8-21(9-6-18)38-12-11-33-23-14-19(7-10-25(23)40-16-26(33)34)13-20-3-1-2-4-22(20)32-37/h1-3,5-10,14,24,37H,4,11-13,15-17H2,(H,35,36). The van der Waals surface area contributed by atoms with Crippen LogP contribution in [0.25, 0.3) is 0 Å². The number of thioether (sulfide) groups is 1. The predicted molar refractivity (Wildman–Crippen MR) is 143 cm³/mol. The van der Waals surface area contributed by atoms with Gasteiger partial charge in [-0.1, -0.05) is 41.6 Å². The second-order valence-electron chi connectivity index (χ2n) is 9.13. The molecule has 0 saturated carbocycles. The van der Waals surface area contributed by atoms with Crippen LogP contribution in [-0.2, 0) is 27.2 Å². The van der Waals surface area contributed by atoms with Gasteiger partial charge in [-0.25, -0.2) is 4.79 Å². The summed E-state index contributed by atoms with van der Waals surface area (Å²) in [6, 6.07) is 12.2. The van der Waals surface area contributed by atoms with Crippen molar-refractivity contribution in [1.29, 1.82) is 0 Å². The summed E-state index contributed by atoms with van der Waals surface area (Å²) in [6.07, 6.45) is 0.365. The number of fused-ring (bicyclic) bond motifs is 1. The van der Waals surface area contributed by atoms with E-state index in [9.17, 15) is 28.0 Å². The van der Waals surface area contributed by atoms with Crippen molar-refractivity contribution in [2.75, 3.05) is 30.4 Å². The van der Waals surface area contributed by atoms with Gasteiger partial charge >= 0.3 is 12.1 Å². The molecule has 2 aromatic rings. The first-order valence-corrected chi connectivity index (χ1v) is 13.4. The molecule has 1 heterocycles. The number of anilines is 1. The third-order valence-corrected chi connectivity index (χ3v) is 7.30. The van der Waals surface area contributed by atoms with Crippen LogP contribution in [0.4, 0.5) is 18.9 Å². The van der Waals surface area contributed by atoms with Gasteiger partial charge in [-0.05, 0) is 47.4 Å². The van der Waals surface area contributed by atoms with Crippen LogP contribution in [-0.4, -0.2) is 65.7 Å². The molecule has 2 N–H and O–H groups in total. The maximum absolute atomic E-state index is 12.8. The Hall–Kier alpha value is -3.77. The van der Waals surface area contributed by atoms with Crippen LogP contribution in [0.15, 0.2) is 76.3 Å². The number of ether oxygens (including phenoxy) is 2. The van der Waals surface area contributed by atoms with Gasteiger partial charge in [-0.3, -0.25) is 4.79 Å². The quantitative estimate of drug-likeness (QED) is 0.285. The predicted octanol–water partition coefficient (Wildman–Crippen LogP) is 5.04. The number of oxime groups is 1. The zero-order chi connectivity index (χ0) is 28.7. The molecule has 1 amide bonds. The summed E-state index contributed by atoms with van der Waals surface area (Å²) >= 11 is 1.47. The van der Waals surface area contributed by atoms with Crippen LogP contribution < -0.4 is 9.64 Å². The first kappa shape index (κ1) is 29.2. The molecule has 0 fully saturated rings. The first-order valence-electron chi connectivity index (χ1n) is 12.4.